The van der Waals surface area contributed by atoms with Crippen LogP contribution in [0.4, 0.5) is 0 Å². The summed E-state index contributed by atoms with van der Waals surface area (Å²) in [6.45, 7) is 0.478. The number of hydrogen-bond donors (Lipinski definition) is 4. The van der Waals surface area contributed by atoms with E-state index >= 15 is 0 Å². The number of hydrogen-bond acceptors (Lipinski definition) is 5. The van der Waals surface area contributed by atoms with Gasteiger partial charge in [0, 0.05) is 6.20 Å². The predicted octanol–water partition coefficient (Wildman–Crippen LogP) is 0.524. The minimum atomic E-state index is -1.18. The van der Waals surface area contributed by atoms with Crippen molar-refractivity contribution in [3.05, 3.63) is 64.1 Å². The number of rotatable bonds is 8. The monoisotopic (exact) mass is 359 g/mol. The molecule has 0 aliphatic rings. The lowest BCUT2D eigenvalue weighted by molar-refractivity contribution is -0.139. The van der Waals surface area contributed by atoms with Crippen LogP contribution in [0.5, 0.6) is 5.75 Å². The van der Waals surface area contributed by atoms with Crippen LogP contribution in [-0.4, -0.2) is 39.2 Å². The number of benzene rings is 1. The van der Waals surface area contributed by atoms with Gasteiger partial charge in [-0.05, 0) is 49.2 Å². The van der Waals surface area contributed by atoms with E-state index in [2.05, 4.69) is 5.32 Å². The summed E-state index contributed by atoms with van der Waals surface area (Å²) < 4.78 is 1.32. The smallest absolute Gasteiger partial charge is 0.326 e. The molecule has 0 aliphatic carbocycles. The van der Waals surface area contributed by atoms with Crippen molar-refractivity contribution in [2.75, 3.05) is 6.54 Å². The third-order valence-electron chi connectivity index (χ3n) is 3.83. The number of aliphatic carboxylic acids is 1. The molecule has 8 heteroatoms. The highest BCUT2D eigenvalue weighted by molar-refractivity contribution is 5.96. The second-order valence-electron chi connectivity index (χ2n) is 5.82. The van der Waals surface area contributed by atoms with Crippen LogP contribution in [0.15, 0.2) is 47.4 Å². The van der Waals surface area contributed by atoms with Gasteiger partial charge in [-0.25, -0.2) is 4.79 Å². The molecule has 0 radical (unpaired) electrons. The fourth-order valence-electron chi connectivity index (χ4n) is 2.50. The molecule has 0 fully saturated rings. The van der Waals surface area contributed by atoms with E-state index in [1.165, 1.54) is 35.0 Å². The first-order valence-electron chi connectivity index (χ1n) is 8.13. The summed E-state index contributed by atoms with van der Waals surface area (Å²) in [7, 11) is 0. The lowest BCUT2D eigenvalue weighted by Crippen LogP contribution is -2.43. The summed E-state index contributed by atoms with van der Waals surface area (Å²) in [6.07, 6.45) is 2.14. The number of pyridine rings is 1. The Morgan fingerprint density at radius 2 is 2.00 bits per heavy atom. The lowest BCUT2D eigenvalue weighted by Gasteiger charge is -2.14. The molecule has 2 rings (SSSR count). The average molecular weight is 359 g/mol. The molecule has 0 spiro atoms. The van der Waals surface area contributed by atoms with Crippen molar-refractivity contribution in [3.63, 3.8) is 0 Å². The summed E-state index contributed by atoms with van der Waals surface area (Å²) in [5.41, 5.74) is 5.37. The van der Waals surface area contributed by atoms with Crippen molar-refractivity contribution in [2.45, 2.75) is 25.4 Å². The minimum Gasteiger partial charge on any atom is -0.508 e. The first kappa shape index (κ1) is 19.2. The quantitative estimate of drug-likeness (QED) is 0.543. The van der Waals surface area contributed by atoms with Crippen molar-refractivity contribution in [1.82, 2.24) is 9.88 Å². The summed E-state index contributed by atoms with van der Waals surface area (Å²) in [4.78, 5) is 36.1. The molecule has 138 valence electrons. The number of carboxylic acids is 1. The molecular weight excluding hydrogens is 338 g/mol. The van der Waals surface area contributed by atoms with Crippen LogP contribution >= 0.6 is 0 Å². The van der Waals surface area contributed by atoms with E-state index in [4.69, 9.17) is 5.73 Å². The molecule has 8 nitrogen and oxygen atoms in total. The van der Waals surface area contributed by atoms with E-state index in [0.29, 0.717) is 18.5 Å². The summed E-state index contributed by atoms with van der Waals surface area (Å²) in [5.74, 6) is -1.85. The van der Waals surface area contributed by atoms with E-state index in [0.717, 1.165) is 0 Å². The van der Waals surface area contributed by atoms with Gasteiger partial charge in [0.15, 0.2) is 0 Å². The van der Waals surface area contributed by atoms with Crippen LogP contribution in [0.1, 0.15) is 28.8 Å². The second-order valence-corrected chi connectivity index (χ2v) is 5.82. The van der Waals surface area contributed by atoms with Crippen molar-refractivity contribution in [1.29, 1.82) is 0 Å². The van der Waals surface area contributed by atoms with Crippen molar-refractivity contribution < 1.29 is 19.8 Å². The Labute approximate surface area is 149 Å². The van der Waals surface area contributed by atoms with Gasteiger partial charge in [0.1, 0.15) is 17.4 Å². The highest BCUT2D eigenvalue weighted by Crippen LogP contribution is 2.11. The van der Waals surface area contributed by atoms with Crippen LogP contribution in [0.3, 0.4) is 0 Å². The van der Waals surface area contributed by atoms with Gasteiger partial charge in [-0.1, -0.05) is 12.1 Å². The van der Waals surface area contributed by atoms with Gasteiger partial charge in [0.25, 0.3) is 11.5 Å². The predicted molar refractivity (Wildman–Crippen MR) is 95.1 cm³/mol. The molecule has 1 aromatic heterocycles. The third-order valence-corrected chi connectivity index (χ3v) is 3.83. The van der Waals surface area contributed by atoms with Crippen LogP contribution in [-0.2, 0) is 11.3 Å². The first-order chi connectivity index (χ1) is 12.4. The maximum Gasteiger partial charge on any atom is 0.326 e. The average Bonchev–Trinajstić information content (AvgIpc) is 2.60. The number of aromatic hydroxyl groups is 1. The van der Waals surface area contributed by atoms with Crippen molar-refractivity contribution in [2.24, 2.45) is 5.73 Å². The fourth-order valence-corrected chi connectivity index (χ4v) is 2.50. The first-order valence-corrected chi connectivity index (χ1v) is 8.13. The van der Waals surface area contributed by atoms with Gasteiger partial charge in [-0.2, -0.15) is 0 Å². The Morgan fingerprint density at radius 3 is 2.65 bits per heavy atom. The van der Waals surface area contributed by atoms with Gasteiger partial charge in [-0.3, -0.25) is 9.59 Å². The highest BCUT2D eigenvalue weighted by Gasteiger charge is 2.22. The van der Waals surface area contributed by atoms with E-state index in [1.54, 1.807) is 12.1 Å². The summed E-state index contributed by atoms with van der Waals surface area (Å²) >= 11 is 0. The van der Waals surface area contributed by atoms with Gasteiger partial charge >= 0.3 is 5.97 Å². The molecule has 5 N–H and O–H groups in total. The Balaban J connectivity index is 2.20. The Bertz CT molecular complexity index is 847. The fraction of sp³-hybridized carbons (Fsp3) is 0.278. The molecule has 2 aromatic rings. The minimum absolute atomic E-state index is 0.0775. The highest BCUT2D eigenvalue weighted by atomic mass is 16.4. The molecule has 1 heterocycles. The molecule has 0 bridgehead atoms. The van der Waals surface area contributed by atoms with Crippen LogP contribution in [0, 0.1) is 0 Å². The number of carboxylic acid groups (broad SMARTS) is 1. The topological polar surface area (TPSA) is 135 Å². The summed E-state index contributed by atoms with van der Waals surface area (Å²) in [5, 5.41) is 21.0. The number of amides is 1. The molecule has 1 unspecified atom stereocenters. The lowest BCUT2D eigenvalue weighted by atomic mass is 10.1. The zero-order valence-corrected chi connectivity index (χ0v) is 14.1. The van der Waals surface area contributed by atoms with Crippen molar-refractivity contribution >= 4 is 11.9 Å². The van der Waals surface area contributed by atoms with Gasteiger partial charge < -0.3 is 25.8 Å². The standard InChI is InChI=1S/C18H21N3O5/c19-8-2-7-15(18(25)26)20-16(23)14-6-3-9-21(17(14)24)11-12-4-1-5-13(22)10-12/h1,3-6,9-10,15,22H,2,7-8,11,19H2,(H,20,23)(H,25,26). The number of phenols is 1. The number of phenolic OH excluding ortho intramolecular Hbond substituents is 1. The van der Waals surface area contributed by atoms with Crippen LogP contribution in [0.2, 0.25) is 0 Å². The zero-order chi connectivity index (χ0) is 19.1. The second kappa shape index (κ2) is 8.82. The molecule has 1 aromatic carbocycles. The van der Waals surface area contributed by atoms with Gasteiger partial charge in [0.05, 0.1) is 6.54 Å². The summed E-state index contributed by atoms with van der Waals surface area (Å²) in [6, 6.07) is 8.21. The number of nitrogens with two attached hydrogens (primary N) is 1. The molecular formula is C18H21N3O5. The van der Waals surface area contributed by atoms with Gasteiger partial charge in [0.2, 0.25) is 0 Å². The maximum atomic E-state index is 12.5. The zero-order valence-electron chi connectivity index (χ0n) is 14.1. The van der Waals surface area contributed by atoms with E-state index < -0.39 is 23.5 Å². The molecule has 26 heavy (non-hydrogen) atoms. The molecule has 1 atom stereocenters. The Kier molecular flexibility index (Phi) is 6.51. The largest absolute Gasteiger partial charge is 0.508 e. The van der Waals surface area contributed by atoms with E-state index in [1.807, 2.05) is 0 Å². The molecule has 1 amide bonds. The number of carbonyl (C=O) groups excluding carboxylic acids is 1. The molecule has 0 saturated heterocycles. The number of aromatic nitrogens is 1. The molecule has 0 aliphatic heterocycles. The Hall–Kier alpha value is -3.13. The van der Waals surface area contributed by atoms with Crippen molar-refractivity contribution in [3.8, 4) is 5.75 Å². The van der Waals surface area contributed by atoms with Crippen LogP contribution in [0.25, 0.3) is 0 Å². The Morgan fingerprint density at radius 1 is 1.23 bits per heavy atom. The van der Waals surface area contributed by atoms with Gasteiger partial charge in [-0.15, -0.1) is 0 Å². The number of nitrogens with zero attached hydrogens (tertiary/aromatic N) is 1. The molecule has 0 saturated carbocycles. The normalized spacial score (nSPS) is 11.7. The van der Waals surface area contributed by atoms with Crippen LogP contribution < -0.4 is 16.6 Å². The third kappa shape index (κ3) is 4.93. The number of carbonyl (C=O) groups is 2. The van der Waals surface area contributed by atoms with E-state index in [-0.39, 0.29) is 24.3 Å². The SMILES string of the molecule is NCCCC(NC(=O)c1cccn(Cc2cccc(O)c2)c1=O)C(=O)O. The van der Waals surface area contributed by atoms with E-state index in [9.17, 15) is 24.6 Å². The number of nitrogens with one attached hydrogen (secondary N) is 1. The maximum absolute atomic E-state index is 12.5.